The topological polar surface area (TPSA) is 84.3 Å². The second-order valence-corrected chi connectivity index (χ2v) is 9.41. The third kappa shape index (κ3) is 3.86. The third-order valence-electron chi connectivity index (χ3n) is 7.04. The van der Waals surface area contributed by atoms with Gasteiger partial charge < -0.3 is 14.8 Å². The lowest BCUT2D eigenvalue weighted by Crippen LogP contribution is -2.51. The van der Waals surface area contributed by atoms with Crippen molar-refractivity contribution in [2.24, 2.45) is 5.92 Å². The van der Waals surface area contributed by atoms with E-state index >= 15 is 0 Å². The van der Waals surface area contributed by atoms with E-state index in [4.69, 9.17) is 11.6 Å². The summed E-state index contributed by atoms with van der Waals surface area (Å²) in [6.45, 7) is 1.50. The Bertz CT molecular complexity index is 1310. The van der Waals surface area contributed by atoms with Gasteiger partial charge in [0.2, 0.25) is 11.8 Å². The highest BCUT2D eigenvalue weighted by Gasteiger charge is 2.50. The number of carbonyl (C=O) groups is 3. The number of hydrogen-bond donors (Lipinski definition) is 1. The van der Waals surface area contributed by atoms with Gasteiger partial charge in [-0.3, -0.25) is 19.4 Å². The van der Waals surface area contributed by atoms with Gasteiger partial charge in [-0.1, -0.05) is 23.7 Å². The first-order valence-electron chi connectivity index (χ1n) is 11.3. The number of hydrogen-bond acceptors (Lipinski definition) is 4. The summed E-state index contributed by atoms with van der Waals surface area (Å²) in [5, 5.41) is 3.48. The van der Waals surface area contributed by atoms with E-state index in [1.807, 2.05) is 0 Å². The molecule has 7 nitrogen and oxygen atoms in total. The average molecular weight is 483 g/mol. The molecule has 5 rings (SSSR count). The van der Waals surface area contributed by atoms with Gasteiger partial charge in [0.05, 0.1) is 10.5 Å². The van der Waals surface area contributed by atoms with E-state index in [1.165, 1.54) is 13.0 Å². The number of benzene rings is 1. The molecule has 3 atom stereocenters. The molecule has 1 aliphatic carbocycles. The van der Waals surface area contributed by atoms with Crippen molar-refractivity contribution >= 4 is 40.1 Å². The van der Waals surface area contributed by atoms with Gasteiger partial charge in [-0.05, 0) is 44.2 Å². The number of ketones is 1. The fourth-order valence-electron chi connectivity index (χ4n) is 5.18. The molecule has 1 aliphatic heterocycles. The molecule has 2 fully saturated rings. The average Bonchev–Trinajstić information content (AvgIpc) is 3.29. The molecular formula is C25H24ClFN4O3. The fraction of sp³-hybridized carbons (Fsp3) is 0.360. The minimum atomic E-state index is -0.608. The van der Waals surface area contributed by atoms with Crippen molar-refractivity contribution in [2.75, 3.05) is 0 Å². The molecule has 0 radical (unpaired) electrons. The fourth-order valence-corrected chi connectivity index (χ4v) is 5.37. The van der Waals surface area contributed by atoms with Crippen LogP contribution in [-0.2, 0) is 22.7 Å². The molecule has 9 heteroatoms. The molecule has 0 bridgehead atoms. The first-order chi connectivity index (χ1) is 16.3. The van der Waals surface area contributed by atoms with Gasteiger partial charge in [-0.15, -0.1) is 0 Å². The Hall–Kier alpha value is -3.26. The van der Waals surface area contributed by atoms with Gasteiger partial charge in [0.25, 0.3) is 0 Å². The van der Waals surface area contributed by atoms with Gasteiger partial charge in [-0.2, -0.15) is 0 Å². The van der Waals surface area contributed by atoms with Crippen molar-refractivity contribution in [3.05, 3.63) is 64.8 Å². The number of rotatable bonds is 6. The molecular weight excluding hydrogens is 459 g/mol. The number of pyridine rings is 1. The molecule has 3 aromatic rings. The van der Waals surface area contributed by atoms with Gasteiger partial charge in [0, 0.05) is 47.7 Å². The number of nitrogens with zero attached hydrogens (tertiary/aromatic N) is 3. The van der Waals surface area contributed by atoms with Crippen molar-refractivity contribution in [1.29, 1.82) is 0 Å². The quantitative estimate of drug-likeness (QED) is 0.543. The lowest BCUT2D eigenvalue weighted by molar-refractivity contribution is -0.142. The lowest BCUT2D eigenvalue weighted by Gasteiger charge is -2.37. The summed E-state index contributed by atoms with van der Waals surface area (Å²) in [7, 11) is 0. The van der Waals surface area contributed by atoms with Crippen molar-refractivity contribution in [1.82, 2.24) is 19.8 Å². The minimum absolute atomic E-state index is 0.00143. The van der Waals surface area contributed by atoms with Crippen LogP contribution >= 0.6 is 11.6 Å². The van der Waals surface area contributed by atoms with Crippen molar-refractivity contribution in [2.45, 2.75) is 51.4 Å². The Morgan fingerprint density at radius 2 is 2.06 bits per heavy atom. The summed E-state index contributed by atoms with van der Waals surface area (Å²) in [5.74, 6) is -0.840. The molecule has 0 spiro atoms. The highest BCUT2D eigenvalue weighted by atomic mass is 35.5. The van der Waals surface area contributed by atoms with Crippen LogP contribution in [0.15, 0.2) is 42.9 Å². The number of carbonyl (C=O) groups excluding carboxylic acids is 3. The summed E-state index contributed by atoms with van der Waals surface area (Å²) < 4.78 is 16.0. The van der Waals surface area contributed by atoms with Crippen molar-refractivity contribution < 1.29 is 18.8 Å². The smallest absolute Gasteiger partial charge is 0.243 e. The predicted octanol–water partition coefficient (Wildman–Crippen LogP) is 3.73. The number of aromatic nitrogens is 2. The zero-order valence-electron chi connectivity index (χ0n) is 18.6. The first kappa shape index (κ1) is 22.5. The highest BCUT2D eigenvalue weighted by Crippen LogP contribution is 2.44. The first-order valence-corrected chi connectivity index (χ1v) is 11.7. The number of fused-ring (bicyclic) bond motifs is 2. The van der Waals surface area contributed by atoms with Crippen LogP contribution in [0.5, 0.6) is 0 Å². The van der Waals surface area contributed by atoms with Crippen LogP contribution < -0.4 is 5.32 Å². The Morgan fingerprint density at radius 3 is 2.79 bits per heavy atom. The summed E-state index contributed by atoms with van der Waals surface area (Å²) in [6.07, 6.45) is 7.35. The number of nitrogens with one attached hydrogen (secondary N) is 1. The molecule has 176 valence electrons. The van der Waals surface area contributed by atoms with Crippen molar-refractivity contribution in [3.63, 3.8) is 0 Å². The number of likely N-dealkylation sites (tertiary alicyclic amines) is 1. The van der Waals surface area contributed by atoms with Gasteiger partial charge >= 0.3 is 0 Å². The monoisotopic (exact) mass is 482 g/mol. The largest absolute Gasteiger partial charge is 0.350 e. The molecule has 1 aromatic carbocycles. The second kappa shape index (κ2) is 8.83. The van der Waals surface area contributed by atoms with Crippen LogP contribution in [0.3, 0.4) is 0 Å². The zero-order valence-corrected chi connectivity index (χ0v) is 19.4. The SMILES string of the molecule is CC(=O)c1cn(CC(=O)N2[C@@H]3CC[C@@H]3C[C@H]2C(=O)NCc2cccc(Cl)c2F)c2ccncc12. The van der Waals surface area contributed by atoms with Crippen LogP contribution in [0.2, 0.25) is 5.02 Å². The van der Waals surface area contributed by atoms with Crippen LogP contribution in [0.1, 0.15) is 42.1 Å². The molecule has 2 aromatic heterocycles. The van der Waals surface area contributed by atoms with Gasteiger partial charge in [0.1, 0.15) is 18.4 Å². The van der Waals surface area contributed by atoms with E-state index in [2.05, 4.69) is 10.3 Å². The molecule has 1 N–H and O–H groups in total. The molecule has 3 heterocycles. The van der Waals surface area contributed by atoms with E-state index in [-0.39, 0.29) is 41.8 Å². The maximum atomic E-state index is 14.2. The van der Waals surface area contributed by atoms with E-state index in [0.29, 0.717) is 28.9 Å². The summed E-state index contributed by atoms with van der Waals surface area (Å²) in [5.41, 5.74) is 1.55. The van der Waals surface area contributed by atoms with E-state index in [9.17, 15) is 18.8 Å². The highest BCUT2D eigenvalue weighted by molar-refractivity contribution is 6.30. The standard InChI is InChI=1S/C25H24ClFN4O3/c1-14(32)18-12-30(21-7-8-28-11-17(18)21)13-23(33)31-20-6-5-15(20)9-22(31)25(34)29-10-16-3-2-4-19(26)24(16)27/h2-4,7-8,11-12,15,20,22H,5-6,9-10,13H2,1H3,(H,29,34)/t15-,20-,22+/m1/s1. The molecule has 2 aliphatic rings. The number of amides is 2. The lowest BCUT2D eigenvalue weighted by atomic mass is 9.80. The molecule has 34 heavy (non-hydrogen) atoms. The Labute approximate surface area is 200 Å². The van der Waals surface area contributed by atoms with Gasteiger partial charge in [0.15, 0.2) is 5.78 Å². The van der Waals surface area contributed by atoms with Gasteiger partial charge in [-0.25, -0.2) is 4.39 Å². The Balaban J connectivity index is 1.35. The second-order valence-electron chi connectivity index (χ2n) is 9.01. The minimum Gasteiger partial charge on any atom is -0.350 e. The molecule has 2 amide bonds. The Kier molecular flexibility index (Phi) is 5.85. The van der Waals surface area contributed by atoms with Crippen LogP contribution in [0.25, 0.3) is 10.9 Å². The number of Topliss-reactive ketones (excluding diaryl/α,β-unsaturated/α-hetero) is 1. The normalized spacial score (nSPS) is 21.3. The molecule has 0 unspecified atom stereocenters. The van der Waals surface area contributed by atoms with E-state index in [1.54, 1.807) is 46.3 Å². The maximum Gasteiger partial charge on any atom is 0.243 e. The van der Waals surface area contributed by atoms with Crippen molar-refractivity contribution in [3.8, 4) is 0 Å². The van der Waals surface area contributed by atoms with Crippen LogP contribution in [0, 0.1) is 11.7 Å². The molecule has 1 saturated carbocycles. The van der Waals surface area contributed by atoms with E-state index < -0.39 is 11.9 Å². The molecule has 1 saturated heterocycles. The van der Waals surface area contributed by atoms with Crippen LogP contribution in [0.4, 0.5) is 4.39 Å². The van der Waals surface area contributed by atoms with E-state index in [0.717, 1.165) is 18.4 Å². The summed E-state index contributed by atoms with van der Waals surface area (Å²) in [4.78, 5) is 44.4. The summed E-state index contributed by atoms with van der Waals surface area (Å²) >= 11 is 5.84. The Morgan fingerprint density at radius 1 is 1.24 bits per heavy atom. The summed E-state index contributed by atoms with van der Waals surface area (Å²) in [6, 6.07) is 5.85. The number of halogens is 2. The zero-order chi connectivity index (χ0) is 24.0. The maximum absolute atomic E-state index is 14.2. The van der Waals surface area contributed by atoms with Crippen LogP contribution in [-0.4, -0.2) is 44.1 Å². The third-order valence-corrected chi connectivity index (χ3v) is 7.33. The predicted molar refractivity (Wildman–Crippen MR) is 125 cm³/mol.